The van der Waals surface area contributed by atoms with Crippen LogP contribution in [0.15, 0.2) is 77.9 Å². The zero-order valence-corrected chi connectivity index (χ0v) is 19.7. The van der Waals surface area contributed by atoms with Crippen LogP contribution in [0.3, 0.4) is 0 Å². The number of ketones is 1. The van der Waals surface area contributed by atoms with Gasteiger partial charge in [-0.15, -0.1) is 0 Å². The summed E-state index contributed by atoms with van der Waals surface area (Å²) in [5, 5.41) is 3.69. The number of rotatable bonds is 10. The molecule has 0 amide bonds. The van der Waals surface area contributed by atoms with Crippen LogP contribution in [0.1, 0.15) is 16.7 Å². The van der Waals surface area contributed by atoms with Crippen molar-refractivity contribution < 1.29 is 28.5 Å². The Hall–Kier alpha value is -4.59. The van der Waals surface area contributed by atoms with Gasteiger partial charge in [0.15, 0.2) is 17.3 Å². The summed E-state index contributed by atoms with van der Waals surface area (Å²) in [6, 6.07) is 18.9. The van der Waals surface area contributed by atoms with Gasteiger partial charge in [0.25, 0.3) is 0 Å². The van der Waals surface area contributed by atoms with E-state index in [1.54, 1.807) is 61.7 Å². The molecule has 0 aliphatic rings. The molecule has 35 heavy (non-hydrogen) atoms. The first-order chi connectivity index (χ1) is 17.0. The Morgan fingerprint density at radius 3 is 2.26 bits per heavy atom. The van der Waals surface area contributed by atoms with E-state index in [0.29, 0.717) is 22.6 Å². The fourth-order valence-corrected chi connectivity index (χ4v) is 3.30. The summed E-state index contributed by atoms with van der Waals surface area (Å²) in [4.78, 5) is 25.2. The molecule has 2 N–H and O–H groups in total. The highest BCUT2D eigenvalue weighted by atomic mass is 16.5. The van der Waals surface area contributed by atoms with Crippen molar-refractivity contribution in [1.29, 1.82) is 0 Å². The molecule has 180 valence electrons. The number of benzene rings is 3. The van der Waals surface area contributed by atoms with Crippen LogP contribution in [0, 0.1) is 0 Å². The Balaban J connectivity index is 1.69. The molecular weight excluding hydrogens is 448 g/mol. The Morgan fingerprint density at radius 2 is 1.60 bits per heavy atom. The standard InChI is InChI=1S/C27H26N2O6/c1-32-21-11-7-18(8-12-21)10-14-26(31)35-22-6-4-5-20(17-22)27(29-28)23(30)15-19-9-13-24(33-2)25(16-19)34-3/h4-14,16-17H,15,28H2,1-3H3/b14-10-,29-27+. The molecule has 0 heterocycles. The highest BCUT2D eigenvalue weighted by Crippen LogP contribution is 2.28. The lowest BCUT2D eigenvalue weighted by Crippen LogP contribution is -2.20. The van der Waals surface area contributed by atoms with Gasteiger partial charge in [0, 0.05) is 18.1 Å². The molecule has 3 rings (SSSR count). The van der Waals surface area contributed by atoms with Crippen LogP contribution in [0.4, 0.5) is 0 Å². The minimum Gasteiger partial charge on any atom is -0.497 e. The number of hydrazone groups is 1. The van der Waals surface area contributed by atoms with Crippen molar-refractivity contribution in [1.82, 2.24) is 0 Å². The summed E-state index contributed by atoms with van der Waals surface area (Å²) >= 11 is 0. The predicted molar refractivity (Wildman–Crippen MR) is 133 cm³/mol. The molecule has 0 aliphatic carbocycles. The Labute approximate surface area is 203 Å². The third-order valence-corrected chi connectivity index (χ3v) is 5.06. The Morgan fingerprint density at radius 1 is 0.857 bits per heavy atom. The van der Waals surface area contributed by atoms with Crippen LogP contribution in [-0.4, -0.2) is 38.8 Å². The van der Waals surface area contributed by atoms with Gasteiger partial charge in [-0.05, 0) is 53.6 Å². The minimum absolute atomic E-state index is 0.0466. The number of Topliss-reactive ketones (excluding diaryl/α,β-unsaturated/α-hetero) is 1. The van der Waals surface area contributed by atoms with Gasteiger partial charge in [-0.2, -0.15) is 5.10 Å². The molecule has 3 aromatic rings. The summed E-state index contributed by atoms with van der Waals surface area (Å²) in [6.45, 7) is 0. The summed E-state index contributed by atoms with van der Waals surface area (Å²) in [5.74, 6) is 6.72. The minimum atomic E-state index is -0.569. The van der Waals surface area contributed by atoms with E-state index < -0.39 is 5.97 Å². The Kier molecular flexibility index (Phi) is 8.61. The number of carbonyl (C=O) groups is 2. The van der Waals surface area contributed by atoms with Gasteiger partial charge >= 0.3 is 5.97 Å². The van der Waals surface area contributed by atoms with Gasteiger partial charge in [-0.1, -0.05) is 30.3 Å². The van der Waals surface area contributed by atoms with Crippen LogP contribution < -0.4 is 24.8 Å². The van der Waals surface area contributed by atoms with Gasteiger partial charge in [0.1, 0.15) is 17.2 Å². The first-order valence-corrected chi connectivity index (χ1v) is 10.6. The molecule has 8 nitrogen and oxygen atoms in total. The second-order valence-electron chi connectivity index (χ2n) is 7.32. The molecule has 0 saturated heterocycles. The van der Waals surface area contributed by atoms with Crippen molar-refractivity contribution in [3.05, 3.63) is 89.5 Å². The maximum atomic E-state index is 12.9. The molecule has 0 radical (unpaired) electrons. The predicted octanol–water partition coefficient (Wildman–Crippen LogP) is 3.81. The fraction of sp³-hybridized carbons (Fsp3) is 0.148. The van der Waals surface area contributed by atoms with Crippen molar-refractivity contribution in [3.8, 4) is 23.0 Å². The smallest absolute Gasteiger partial charge is 0.336 e. The van der Waals surface area contributed by atoms with Gasteiger partial charge in [-0.3, -0.25) is 4.79 Å². The van der Waals surface area contributed by atoms with Crippen LogP contribution >= 0.6 is 0 Å². The van der Waals surface area contributed by atoms with Crippen LogP contribution in [-0.2, 0) is 16.0 Å². The van der Waals surface area contributed by atoms with Crippen molar-refractivity contribution in [2.45, 2.75) is 6.42 Å². The quantitative estimate of drug-likeness (QED) is 0.119. The van der Waals surface area contributed by atoms with Crippen molar-refractivity contribution in [2.24, 2.45) is 10.9 Å². The number of carbonyl (C=O) groups excluding carboxylic acids is 2. The highest BCUT2D eigenvalue weighted by Gasteiger charge is 2.17. The van der Waals surface area contributed by atoms with Crippen molar-refractivity contribution in [3.63, 3.8) is 0 Å². The van der Waals surface area contributed by atoms with Gasteiger partial charge in [0.05, 0.1) is 21.3 Å². The summed E-state index contributed by atoms with van der Waals surface area (Å²) in [7, 11) is 4.65. The van der Waals surface area contributed by atoms with Crippen LogP contribution in [0.5, 0.6) is 23.0 Å². The van der Waals surface area contributed by atoms with E-state index in [9.17, 15) is 9.59 Å². The molecule has 0 aliphatic heterocycles. The topological polar surface area (TPSA) is 109 Å². The van der Waals surface area contributed by atoms with Gasteiger partial charge < -0.3 is 24.8 Å². The maximum Gasteiger partial charge on any atom is 0.336 e. The molecule has 0 fully saturated rings. The van der Waals surface area contributed by atoms with Gasteiger partial charge in [-0.25, -0.2) is 4.79 Å². The normalized spacial score (nSPS) is 11.2. The van der Waals surface area contributed by atoms with E-state index >= 15 is 0 Å². The van der Waals surface area contributed by atoms with Crippen molar-refractivity contribution in [2.75, 3.05) is 21.3 Å². The van der Waals surface area contributed by atoms with Crippen molar-refractivity contribution >= 4 is 23.5 Å². The van der Waals surface area contributed by atoms with E-state index in [-0.39, 0.29) is 23.7 Å². The SMILES string of the molecule is COc1ccc(/C=C\C(=O)Oc2cccc(/C(=N\N)C(=O)Cc3ccc(OC)c(OC)c3)c2)cc1. The fourth-order valence-electron chi connectivity index (χ4n) is 3.30. The number of methoxy groups -OCH3 is 3. The summed E-state index contributed by atoms with van der Waals surface area (Å²) < 4.78 is 21.0. The number of nitrogens with zero attached hydrogens (tertiary/aromatic N) is 1. The Bertz CT molecular complexity index is 1250. The lowest BCUT2D eigenvalue weighted by Gasteiger charge is -2.10. The molecule has 0 bridgehead atoms. The zero-order chi connectivity index (χ0) is 25.2. The molecule has 0 spiro atoms. The molecule has 0 unspecified atom stereocenters. The lowest BCUT2D eigenvalue weighted by molar-refractivity contribution is -0.128. The second-order valence-corrected chi connectivity index (χ2v) is 7.32. The molecular formula is C27H26N2O6. The van der Waals surface area contributed by atoms with Gasteiger partial charge in [0.2, 0.25) is 0 Å². The second kappa shape index (κ2) is 12.0. The average Bonchev–Trinajstić information content (AvgIpc) is 2.88. The highest BCUT2D eigenvalue weighted by molar-refractivity contribution is 6.46. The number of nitrogens with two attached hydrogens (primary N) is 1. The molecule has 0 aromatic heterocycles. The van der Waals surface area contributed by atoms with Crippen LogP contribution in [0.2, 0.25) is 0 Å². The third-order valence-electron chi connectivity index (χ3n) is 5.06. The number of hydrogen-bond acceptors (Lipinski definition) is 8. The van der Waals surface area contributed by atoms with E-state index in [1.807, 2.05) is 12.1 Å². The first kappa shape index (κ1) is 25.0. The molecule has 8 heteroatoms. The largest absolute Gasteiger partial charge is 0.497 e. The zero-order valence-electron chi connectivity index (χ0n) is 19.7. The maximum absolute atomic E-state index is 12.9. The molecule has 0 atom stereocenters. The number of ether oxygens (including phenoxy) is 4. The molecule has 3 aromatic carbocycles. The first-order valence-electron chi connectivity index (χ1n) is 10.6. The lowest BCUT2D eigenvalue weighted by atomic mass is 10.00. The van der Waals surface area contributed by atoms with Crippen LogP contribution in [0.25, 0.3) is 6.08 Å². The van der Waals surface area contributed by atoms with E-state index in [2.05, 4.69) is 5.10 Å². The third kappa shape index (κ3) is 6.70. The van der Waals surface area contributed by atoms with E-state index in [0.717, 1.165) is 11.3 Å². The number of hydrogen-bond donors (Lipinski definition) is 1. The number of esters is 1. The summed E-state index contributed by atoms with van der Waals surface area (Å²) in [6.07, 6.45) is 2.99. The van der Waals surface area contributed by atoms with E-state index in [4.69, 9.17) is 24.8 Å². The summed E-state index contributed by atoms with van der Waals surface area (Å²) in [5.41, 5.74) is 2.02. The monoisotopic (exact) mass is 474 g/mol. The van der Waals surface area contributed by atoms with E-state index in [1.165, 1.54) is 26.4 Å². The molecule has 0 saturated carbocycles. The average molecular weight is 475 g/mol.